The molecule has 1 aliphatic rings. The number of halogens is 1. The van der Waals surface area contributed by atoms with Crippen molar-refractivity contribution in [2.45, 2.75) is 0 Å². The Balaban J connectivity index is 1.57. The Bertz CT molecular complexity index is 643. The summed E-state index contributed by atoms with van der Waals surface area (Å²) >= 11 is 0. The van der Waals surface area contributed by atoms with Gasteiger partial charge in [-0.2, -0.15) is 0 Å². The highest BCUT2D eigenvalue weighted by Gasteiger charge is 2.22. The van der Waals surface area contributed by atoms with Gasteiger partial charge in [-0.3, -0.25) is 0 Å². The Morgan fingerprint density at radius 3 is 2.41 bits per heavy atom. The standard InChI is InChI=1S/C15H16FN5O/c16-12-4-1-2-5-13(12)19-15(22)21-10-8-20(9-11-21)14-17-6-3-7-18-14/h1-7H,8-11H2,(H,19,22). The van der Waals surface area contributed by atoms with Crippen LogP contribution in [0.15, 0.2) is 42.7 Å². The summed E-state index contributed by atoms with van der Waals surface area (Å²) in [6.45, 7) is 2.38. The number of carbonyl (C=O) groups excluding carboxylic acids is 1. The van der Waals surface area contributed by atoms with Crippen LogP contribution >= 0.6 is 0 Å². The van der Waals surface area contributed by atoms with Crippen LogP contribution in [0.1, 0.15) is 0 Å². The van der Waals surface area contributed by atoms with Crippen LogP contribution in [0.4, 0.5) is 20.8 Å². The number of aromatic nitrogens is 2. The molecular weight excluding hydrogens is 285 g/mol. The van der Waals surface area contributed by atoms with Crippen molar-refractivity contribution in [2.75, 3.05) is 36.4 Å². The Labute approximate surface area is 127 Å². The van der Waals surface area contributed by atoms with Gasteiger partial charge in [0.2, 0.25) is 5.95 Å². The highest BCUT2D eigenvalue weighted by atomic mass is 19.1. The second kappa shape index (κ2) is 6.38. The van der Waals surface area contributed by atoms with Gasteiger partial charge in [0.15, 0.2) is 0 Å². The molecule has 0 bridgehead atoms. The largest absolute Gasteiger partial charge is 0.337 e. The maximum atomic E-state index is 13.5. The number of nitrogens with one attached hydrogen (secondary N) is 1. The molecule has 1 aromatic carbocycles. The average molecular weight is 301 g/mol. The molecule has 0 radical (unpaired) electrons. The number of carbonyl (C=O) groups is 1. The van der Waals surface area contributed by atoms with Gasteiger partial charge in [0.05, 0.1) is 5.69 Å². The lowest BCUT2D eigenvalue weighted by Crippen LogP contribution is -2.50. The van der Waals surface area contributed by atoms with Gasteiger partial charge in [-0.1, -0.05) is 12.1 Å². The first-order valence-electron chi connectivity index (χ1n) is 7.06. The van der Waals surface area contributed by atoms with E-state index in [1.807, 2.05) is 4.90 Å². The molecule has 1 aromatic heterocycles. The molecule has 0 aliphatic carbocycles. The van der Waals surface area contributed by atoms with Gasteiger partial charge in [-0.05, 0) is 18.2 Å². The molecule has 1 saturated heterocycles. The van der Waals surface area contributed by atoms with Gasteiger partial charge < -0.3 is 15.1 Å². The molecule has 2 amide bonds. The third-order valence-corrected chi connectivity index (χ3v) is 3.52. The van der Waals surface area contributed by atoms with Crippen LogP contribution < -0.4 is 10.2 Å². The first-order chi connectivity index (χ1) is 10.7. The second-order valence-electron chi connectivity index (χ2n) is 4.93. The fraction of sp³-hybridized carbons (Fsp3) is 0.267. The summed E-state index contributed by atoms with van der Waals surface area (Å²) in [5.74, 6) is 0.226. The minimum Gasteiger partial charge on any atom is -0.337 e. The van der Waals surface area contributed by atoms with E-state index in [2.05, 4.69) is 15.3 Å². The lowest BCUT2D eigenvalue weighted by Gasteiger charge is -2.34. The number of para-hydroxylation sites is 1. The van der Waals surface area contributed by atoms with Crippen LogP contribution in [0.25, 0.3) is 0 Å². The molecule has 2 aromatic rings. The predicted octanol–water partition coefficient (Wildman–Crippen LogP) is 1.97. The van der Waals surface area contributed by atoms with E-state index in [0.29, 0.717) is 32.1 Å². The van der Waals surface area contributed by atoms with E-state index in [0.717, 1.165) is 0 Å². The highest BCUT2D eigenvalue weighted by Crippen LogP contribution is 2.15. The first kappa shape index (κ1) is 14.2. The lowest BCUT2D eigenvalue weighted by atomic mass is 10.3. The van der Waals surface area contributed by atoms with Crippen LogP contribution in [0.5, 0.6) is 0 Å². The third kappa shape index (κ3) is 3.13. The van der Waals surface area contributed by atoms with Crippen LogP contribution in [-0.4, -0.2) is 47.1 Å². The third-order valence-electron chi connectivity index (χ3n) is 3.52. The van der Waals surface area contributed by atoms with Crippen LogP contribution in [-0.2, 0) is 0 Å². The molecule has 1 N–H and O–H groups in total. The molecule has 0 saturated carbocycles. The van der Waals surface area contributed by atoms with E-state index >= 15 is 0 Å². The van der Waals surface area contributed by atoms with Crippen LogP contribution in [0, 0.1) is 5.82 Å². The number of rotatable bonds is 2. The average Bonchev–Trinajstić information content (AvgIpc) is 2.58. The van der Waals surface area contributed by atoms with E-state index in [-0.39, 0.29) is 11.7 Å². The zero-order chi connectivity index (χ0) is 15.4. The van der Waals surface area contributed by atoms with Crippen molar-refractivity contribution in [3.8, 4) is 0 Å². The molecule has 0 unspecified atom stereocenters. The predicted molar refractivity (Wildman–Crippen MR) is 81.2 cm³/mol. The van der Waals surface area contributed by atoms with Crippen molar-refractivity contribution in [1.82, 2.24) is 14.9 Å². The normalized spacial score (nSPS) is 14.8. The SMILES string of the molecule is O=C(Nc1ccccc1F)N1CCN(c2ncccn2)CC1. The Morgan fingerprint density at radius 1 is 1.05 bits per heavy atom. The van der Waals surface area contributed by atoms with E-state index in [4.69, 9.17) is 0 Å². The fourth-order valence-electron chi connectivity index (χ4n) is 2.32. The highest BCUT2D eigenvalue weighted by molar-refractivity contribution is 5.89. The Kier molecular flexibility index (Phi) is 4.13. The first-order valence-corrected chi connectivity index (χ1v) is 7.06. The molecule has 1 aliphatic heterocycles. The van der Waals surface area contributed by atoms with Gasteiger partial charge in [0.25, 0.3) is 0 Å². The maximum Gasteiger partial charge on any atom is 0.322 e. The Hall–Kier alpha value is -2.70. The lowest BCUT2D eigenvalue weighted by molar-refractivity contribution is 0.208. The minimum absolute atomic E-state index is 0.196. The quantitative estimate of drug-likeness (QED) is 0.921. The summed E-state index contributed by atoms with van der Waals surface area (Å²) < 4.78 is 13.5. The van der Waals surface area contributed by atoms with Gasteiger partial charge in [0.1, 0.15) is 5.82 Å². The van der Waals surface area contributed by atoms with Crippen molar-refractivity contribution in [3.05, 3.63) is 48.5 Å². The minimum atomic E-state index is -0.438. The summed E-state index contributed by atoms with van der Waals surface area (Å²) in [7, 11) is 0. The number of urea groups is 1. The molecular formula is C15H16FN5O. The molecule has 0 atom stereocenters. The van der Waals surface area contributed by atoms with Crippen molar-refractivity contribution in [3.63, 3.8) is 0 Å². The van der Waals surface area contributed by atoms with Crippen molar-refractivity contribution >= 4 is 17.7 Å². The van der Waals surface area contributed by atoms with Gasteiger partial charge in [-0.25, -0.2) is 19.2 Å². The molecule has 7 heteroatoms. The molecule has 3 rings (SSSR count). The number of anilines is 2. The molecule has 6 nitrogen and oxygen atoms in total. The van der Waals surface area contributed by atoms with Gasteiger partial charge in [0, 0.05) is 38.6 Å². The summed E-state index contributed by atoms with van der Waals surface area (Å²) in [6, 6.07) is 7.61. The zero-order valence-corrected chi connectivity index (χ0v) is 11.9. The summed E-state index contributed by atoms with van der Waals surface area (Å²) in [5, 5.41) is 2.60. The van der Waals surface area contributed by atoms with Crippen LogP contribution in [0.2, 0.25) is 0 Å². The number of piperazine rings is 1. The van der Waals surface area contributed by atoms with Crippen molar-refractivity contribution < 1.29 is 9.18 Å². The van der Waals surface area contributed by atoms with Gasteiger partial charge >= 0.3 is 6.03 Å². The maximum absolute atomic E-state index is 13.5. The number of benzene rings is 1. The summed E-state index contributed by atoms with van der Waals surface area (Å²) in [6.07, 6.45) is 3.39. The zero-order valence-electron chi connectivity index (χ0n) is 11.9. The van der Waals surface area contributed by atoms with E-state index in [1.165, 1.54) is 6.07 Å². The van der Waals surface area contributed by atoms with E-state index in [1.54, 1.807) is 41.6 Å². The van der Waals surface area contributed by atoms with Gasteiger partial charge in [-0.15, -0.1) is 0 Å². The second-order valence-corrected chi connectivity index (χ2v) is 4.93. The molecule has 1 fully saturated rings. The smallest absolute Gasteiger partial charge is 0.322 e. The summed E-state index contributed by atoms with van der Waals surface area (Å²) in [4.78, 5) is 24.2. The van der Waals surface area contributed by atoms with E-state index < -0.39 is 5.82 Å². The Morgan fingerprint density at radius 2 is 1.73 bits per heavy atom. The van der Waals surface area contributed by atoms with E-state index in [9.17, 15) is 9.18 Å². The monoisotopic (exact) mass is 301 g/mol. The number of nitrogens with zero attached hydrogens (tertiary/aromatic N) is 4. The van der Waals surface area contributed by atoms with Crippen LogP contribution in [0.3, 0.4) is 0 Å². The molecule has 22 heavy (non-hydrogen) atoms. The topological polar surface area (TPSA) is 61.4 Å². The molecule has 2 heterocycles. The molecule has 114 valence electrons. The number of amides is 2. The summed E-state index contributed by atoms with van der Waals surface area (Å²) in [5.41, 5.74) is 0.196. The van der Waals surface area contributed by atoms with Crippen molar-refractivity contribution in [1.29, 1.82) is 0 Å². The van der Waals surface area contributed by atoms with Crippen molar-refractivity contribution in [2.24, 2.45) is 0 Å². The molecule has 0 spiro atoms. The number of hydrogen-bond acceptors (Lipinski definition) is 4. The number of hydrogen-bond donors (Lipinski definition) is 1. The fourth-order valence-corrected chi connectivity index (χ4v) is 2.32.